The molecule has 0 spiro atoms. The third kappa shape index (κ3) is 13.5. The monoisotopic (exact) mass is 221 g/mol. The number of rotatable bonds is 11. The highest BCUT2D eigenvalue weighted by atomic mass is 14.0. The van der Waals surface area contributed by atoms with E-state index in [4.69, 9.17) is 0 Å². The van der Waals surface area contributed by atoms with Crippen LogP contribution in [0.2, 0.25) is 0 Å². The van der Waals surface area contributed by atoms with Gasteiger partial charge in [0.2, 0.25) is 0 Å². The Morgan fingerprint density at radius 2 is 1.12 bits per heavy atom. The molecule has 0 heteroatoms. The van der Waals surface area contributed by atoms with Crippen molar-refractivity contribution in [1.29, 1.82) is 0 Å². The molecule has 0 bridgehead atoms. The van der Waals surface area contributed by atoms with Crippen molar-refractivity contribution in [3.05, 3.63) is 31.2 Å². The summed E-state index contributed by atoms with van der Waals surface area (Å²) in [4.78, 5) is 0. The van der Waals surface area contributed by atoms with Crippen molar-refractivity contribution < 1.29 is 0 Å². The lowest BCUT2D eigenvalue weighted by atomic mass is 10.1. The van der Waals surface area contributed by atoms with Crippen LogP contribution in [0.1, 0.15) is 71.1 Å². The molecule has 0 nitrogen and oxygen atoms in total. The highest BCUT2D eigenvalue weighted by molar-refractivity contribution is 4.83. The first-order valence-corrected chi connectivity index (χ1v) is 6.97. The zero-order valence-corrected chi connectivity index (χ0v) is 11.1. The Morgan fingerprint density at radius 3 is 1.56 bits per heavy atom. The van der Waals surface area contributed by atoms with Crippen molar-refractivity contribution >= 4 is 0 Å². The van der Waals surface area contributed by atoms with Gasteiger partial charge < -0.3 is 0 Å². The fraction of sp³-hybridized carbons (Fsp3) is 0.688. The van der Waals surface area contributed by atoms with Gasteiger partial charge in [0.25, 0.3) is 0 Å². The number of hydrogen-bond donors (Lipinski definition) is 0. The summed E-state index contributed by atoms with van der Waals surface area (Å²) in [6.45, 7) is 5.79. The summed E-state index contributed by atoms with van der Waals surface area (Å²) in [7, 11) is 0. The van der Waals surface area contributed by atoms with Crippen molar-refractivity contribution in [2.75, 3.05) is 0 Å². The SMILES string of the molecule is [CH2]C=CCCCCCCCCCCC=CC. The van der Waals surface area contributed by atoms with Crippen LogP contribution in [0.15, 0.2) is 24.3 Å². The molecule has 0 aliphatic carbocycles. The van der Waals surface area contributed by atoms with Crippen LogP contribution in [0, 0.1) is 6.92 Å². The van der Waals surface area contributed by atoms with E-state index in [2.05, 4.69) is 32.1 Å². The minimum atomic E-state index is 1.22. The predicted octanol–water partition coefficient (Wildman–Crippen LogP) is 5.85. The summed E-state index contributed by atoms with van der Waals surface area (Å²) < 4.78 is 0. The predicted molar refractivity (Wildman–Crippen MR) is 75.5 cm³/mol. The Balaban J connectivity index is 2.93. The van der Waals surface area contributed by atoms with Crippen LogP contribution in [0.3, 0.4) is 0 Å². The first-order chi connectivity index (χ1) is 7.91. The van der Waals surface area contributed by atoms with Crippen LogP contribution in [0.4, 0.5) is 0 Å². The second kappa shape index (κ2) is 14.5. The standard InChI is InChI=1S/C16H29/c1-3-5-7-9-11-13-15-16-14-12-10-8-6-4-2/h3-6H,1,7-16H2,2H3. The van der Waals surface area contributed by atoms with Gasteiger partial charge in [-0.3, -0.25) is 0 Å². The van der Waals surface area contributed by atoms with Crippen LogP contribution in [0.25, 0.3) is 0 Å². The highest BCUT2D eigenvalue weighted by Gasteiger charge is 1.91. The molecule has 0 aromatic carbocycles. The minimum Gasteiger partial charge on any atom is -0.0917 e. The molecular weight excluding hydrogens is 192 g/mol. The average Bonchev–Trinajstić information content (AvgIpc) is 2.31. The van der Waals surface area contributed by atoms with Gasteiger partial charge in [0, 0.05) is 0 Å². The van der Waals surface area contributed by atoms with E-state index >= 15 is 0 Å². The van der Waals surface area contributed by atoms with Gasteiger partial charge >= 0.3 is 0 Å². The molecular formula is C16H29. The fourth-order valence-corrected chi connectivity index (χ4v) is 1.87. The van der Waals surface area contributed by atoms with Gasteiger partial charge in [0.1, 0.15) is 0 Å². The van der Waals surface area contributed by atoms with Gasteiger partial charge in [-0.25, -0.2) is 0 Å². The Hall–Kier alpha value is -0.520. The molecule has 1 radical (unpaired) electrons. The molecule has 0 atom stereocenters. The van der Waals surface area contributed by atoms with Crippen LogP contribution in [-0.4, -0.2) is 0 Å². The molecule has 0 saturated heterocycles. The van der Waals surface area contributed by atoms with E-state index in [9.17, 15) is 0 Å². The molecule has 0 aromatic rings. The lowest BCUT2D eigenvalue weighted by Crippen LogP contribution is -1.80. The third-order valence-electron chi connectivity index (χ3n) is 2.89. The molecule has 93 valence electrons. The van der Waals surface area contributed by atoms with Gasteiger partial charge in [0.05, 0.1) is 0 Å². The molecule has 0 unspecified atom stereocenters. The van der Waals surface area contributed by atoms with Crippen LogP contribution < -0.4 is 0 Å². The molecule has 0 amide bonds. The van der Waals surface area contributed by atoms with Crippen molar-refractivity contribution in [3.8, 4) is 0 Å². The quantitative estimate of drug-likeness (QED) is 0.303. The zero-order chi connectivity index (χ0) is 11.9. The Kier molecular flexibility index (Phi) is 14.0. The van der Waals surface area contributed by atoms with Crippen molar-refractivity contribution in [1.82, 2.24) is 0 Å². The second-order valence-corrected chi connectivity index (χ2v) is 4.45. The largest absolute Gasteiger partial charge is 0.0917 e. The molecule has 0 heterocycles. The molecule has 0 aliphatic heterocycles. The van der Waals surface area contributed by atoms with Gasteiger partial charge in [-0.1, -0.05) is 62.8 Å². The van der Waals surface area contributed by atoms with Gasteiger partial charge in [-0.05, 0) is 39.5 Å². The molecule has 0 rings (SSSR count). The zero-order valence-electron chi connectivity index (χ0n) is 11.1. The van der Waals surface area contributed by atoms with Crippen molar-refractivity contribution in [2.45, 2.75) is 71.1 Å². The summed E-state index contributed by atoms with van der Waals surface area (Å²) in [6, 6.07) is 0. The van der Waals surface area contributed by atoms with E-state index < -0.39 is 0 Å². The van der Waals surface area contributed by atoms with Gasteiger partial charge in [-0.2, -0.15) is 0 Å². The summed E-state index contributed by atoms with van der Waals surface area (Å²) >= 11 is 0. The summed E-state index contributed by atoms with van der Waals surface area (Å²) in [6.07, 6.45) is 22.2. The van der Waals surface area contributed by atoms with Crippen LogP contribution in [0.5, 0.6) is 0 Å². The van der Waals surface area contributed by atoms with Gasteiger partial charge in [0.15, 0.2) is 0 Å². The fourth-order valence-electron chi connectivity index (χ4n) is 1.87. The minimum absolute atomic E-state index is 1.22. The molecule has 0 N–H and O–H groups in total. The summed E-state index contributed by atoms with van der Waals surface area (Å²) in [5.74, 6) is 0. The third-order valence-corrected chi connectivity index (χ3v) is 2.89. The van der Waals surface area contributed by atoms with E-state index in [1.807, 2.05) is 6.08 Å². The first-order valence-electron chi connectivity index (χ1n) is 6.97. The van der Waals surface area contributed by atoms with Crippen LogP contribution >= 0.6 is 0 Å². The molecule has 0 saturated carbocycles. The number of allylic oxidation sites excluding steroid dienone is 4. The van der Waals surface area contributed by atoms with Crippen LogP contribution in [-0.2, 0) is 0 Å². The smallest absolute Gasteiger partial charge is 0.0316 e. The van der Waals surface area contributed by atoms with E-state index in [1.54, 1.807) is 0 Å². The molecule has 16 heavy (non-hydrogen) atoms. The lowest BCUT2D eigenvalue weighted by Gasteiger charge is -2.00. The van der Waals surface area contributed by atoms with E-state index in [-0.39, 0.29) is 0 Å². The van der Waals surface area contributed by atoms with E-state index in [0.717, 1.165) is 0 Å². The maximum absolute atomic E-state index is 3.69. The maximum Gasteiger partial charge on any atom is -0.0316 e. The second-order valence-electron chi connectivity index (χ2n) is 4.45. The van der Waals surface area contributed by atoms with Crippen molar-refractivity contribution in [2.24, 2.45) is 0 Å². The maximum atomic E-state index is 3.69. The first kappa shape index (κ1) is 15.5. The lowest BCUT2D eigenvalue weighted by molar-refractivity contribution is 0.571. The Bertz CT molecular complexity index is 145. The normalized spacial score (nSPS) is 11.9. The Morgan fingerprint density at radius 1 is 0.688 bits per heavy atom. The van der Waals surface area contributed by atoms with Crippen molar-refractivity contribution in [3.63, 3.8) is 0 Å². The van der Waals surface area contributed by atoms with E-state index in [0.29, 0.717) is 0 Å². The highest BCUT2D eigenvalue weighted by Crippen LogP contribution is 2.10. The Labute approximate surface area is 103 Å². The summed E-state index contributed by atoms with van der Waals surface area (Å²) in [5, 5.41) is 0. The summed E-state index contributed by atoms with van der Waals surface area (Å²) in [5.41, 5.74) is 0. The number of unbranched alkanes of at least 4 members (excludes halogenated alkanes) is 9. The van der Waals surface area contributed by atoms with E-state index in [1.165, 1.54) is 64.2 Å². The topological polar surface area (TPSA) is 0 Å². The number of hydrogen-bond acceptors (Lipinski definition) is 0. The molecule has 0 fully saturated rings. The molecule has 0 aliphatic rings. The van der Waals surface area contributed by atoms with Gasteiger partial charge in [-0.15, -0.1) is 0 Å². The average molecular weight is 221 g/mol. The molecule has 0 aromatic heterocycles.